The van der Waals surface area contributed by atoms with Gasteiger partial charge in [-0.15, -0.1) is 0 Å². The predicted molar refractivity (Wildman–Crippen MR) is 112 cm³/mol. The fraction of sp³-hybridized carbons (Fsp3) is 0.700. The highest BCUT2D eigenvalue weighted by Crippen LogP contribution is 2.36. The number of pyridine rings is 1. The van der Waals surface area contributed by atoms with E-state index in [1.807, 2.05) is 0 Å². The third kappa shape index (κ3) is 13.8. The van der Waals surface area contributed by atoms with Crippen LogP contribution < -0.4 is 4.74 Å². The molecule has 0 saturated carbocycles. The standard InChI is InChI=1S/C20H29BrF3NO7/c1-19(2,3)32-17(26)14-30-9-8-28-5-4-27-6-7-29-10-11-31-18-16(20(22,23)24)12-15(21)13-25-18/h12-13H,4-11,14H2,1-3H3. The normalized spacial score (nSPS) is 12.1. The van der Waals surface area contributed by atoms with Crippen LogP contribution in [0.5, 0.6) is 5.88 Å². The Hall–Kier alpha value is -1.47. The summed E-state index contributed by atoms with van der Waals surface area (Å²) in [4.78, 5) is 15.1. The summed E-state index contributed by atoms with van der Waals surface area (Å²) in [6.45, 7) is 7.00. The molecule has 184 valence electrons. The summed E-state index contributed by atoms with van der Waals surface area (Å²) in [5, 5.41) is 0. The fourth-order valence-electron chi connectivity index (χ4n) is 2.13. The fourth-order valence-corrected chi connectivity index (χ4v) is 2.46. The lowest BCUT2D eigenvalue weighted by Crippen LogP contribution is -2.27. The zero-order valence-corrected chi connectivity index (χ0v) is 19.9. The number of carbonyl (C=O) groups is 1. The molecule has 0 saturated heterocycles. The first kappa shape index (κ1) is 28.6. The van der Waals surface area contributed by atoms with E-state index in [-0.39, 0.29) is 37.5 Å². The molecule has 0 radical (unpaired) electrons. The van der Waals surface area contributed by atoms with E-state index in [2.05, 4.69) is 20.9 Å². The van der Waals surface area contributed by atoms with Gasteiger partial charge in [0.15, 0.2) is 0 Å². The predicted octanol–water partition coefficient (Wildman–Crippen LogP) is 3.65. The van der Waals surface area contributed by atoms with Crippen LogP contribution in [0.4, 0.5) is 13.2 Å². The molecular weight excluding hydrogens is 503 g/mol. The number of nitrogens with zero attached hydrogens (tertiary/aromatic N) is 1. The molecule has 0 fully saturated rings. The van der Waals surface area contributed by atoms with Crippen LogP contribution in [0, 0.1) is 0 Å². The highest BCUT2D eigenvalue weighted by atomic mass is 79.9. The van der Waals surface area contributed by atoms with Crippen molar-refractivity contribution < 1.29 is 46.4 Å². The topological polar surface area (TPSA) is 85.3 Å². The lowest BCUT2D eigenvalue weighted by atomic mass is 10.2. The Bertz CT molecular complexity index is 684. The maximum atomic E-state index is 13.0. The van der Waals surface area contributed by atoms with Gasteiger partial charge in [0.05, 0.1) is 46.2 Å². The molecule has 32 heavy (non-hydrogen) atoms. The molecular formula is C20H29BrF3NO7. The number of rotatable bonds is 15. The van der Waals surface area contributed by atoms with Crippen molar-refractivity contribution in [1.82, 2.24) is 4.98 Å². The summed E-state index contributed by atoms with van der Waals surface area (Å²) >= 11 is 2.96. The highest BCUT2D eigenvalue weighted by molar-refractivity contribution is 9.10. The van der Waals surface area contributed by atoms with E-state index < -0.39 is 29.2 Å². The van der Waals surface area contributed by atoms with Crippen LogP contribution in [0.1, 0.15) is 26.3 Å². The lowest BCUT2D eigenvalue weighted by molar-refractivity contribution is -0.160. The Balaban J connectivity index is 1.97. The molecule has 8 nitrogen and oxygen atoms in total. The summed E-state index contributed by atoms with van der Waals surface area (Å²) < 4.78 is 70.2. The minimum Gasteiger partial charge on any atom is -0.475 e. The van der Waals surface area contributed by atoms with Gasteiger partial charge in [-0.05, 0) is 42.8 Å². The molecule has 0 aliphatic carbocycles. The summed E-state index contributed by atoms with van der Waals surface area (Å²) in [7, 11) is 0. The zero-order valence-electron chi connectivity index (χ0n) is 18.3. The van der Waals surface area contributed by atoms with Crippen LogP contribution in [0.15, 0.2) is 16.7 Å². The van der Waals surface area contributed by atoms with Gasteiger partial charge in [0, 0.05) is 10.7 Å². The molecule has 0 bridgehead atoms. The molecule has 1 rings (SSSR count). The van der Waals surface area contributed by atoms with Gasteiger partial charge in [-0.3, -0.25) is 0 Å². The van der Waals surface area contributed by atoms with Crippen molar-refractivity contribution >= 4 is 21.9 Å². The maximum absolute atomic E-state index is 13.0. The minimum atomic E-state index is -4.56. The number of ether oxygens (including phenoxy) is 6. The molecule has 0 aromatic carbocycles. The smallest absolute Gasteiger partial charge is 0.421 e. The maximum Gasteiger partial charge on any atom is 0.421 e. The summed E-state index contributed by atoms with van der Waals surface area (Å²) in [5.41, 5.74) is -1.50. The van der Waals surface area contributed by atoms with E-state index in [9.17, 15) is 18.0 Å². The second-order valence-corrected chi connectivity index (χ2v) is 8.24. The Morgan fingerprint density at radius 2 is 1.41 bits per heavy atom. The van der Waals surface area contributed by atoms with Crippen molar-refractivity contribution in [1.29, 1.82) is 0 Å². The molecule has 0 spiro atoms. The van der Waals surface area contributed by atoms with Crippen molar-refractivity contribution in [2.75, 3.05) is 59.5 Å². The Labute approximate surface area is 193 Å². The number of hydrogen-bond donors (Lipinski definition) is 0. The van der Waals surface area contributed by atoms with Crippen LogP contribution in [0.2, 0.25) is 0 Å². The SMILES string of the molecule is CC(C)(C)OC(=O)COCCOCCOCCOCCOc1ncc(Br)cc1C(F)(F)F. The van der Waals surface area contributed by atoms with Crippen molar-refractivity contribution in [3.05, 3.63) is 22.3 Å². The lowest BCUT2D eigenvalue weighted by Gasteiger charge is -2.19. The first-order chi connectivity index (χ1) is 15.0. The quantitative estimate of drug-likeness (QED) is 0.250. The monoisotopic (exact) mass is 531 g/mol. The van der Waals surface area contributed by atoms with E-state index in [1.54, 1.807) is 20.8 Å². The summed E-state index contributed by atoms with van der Waals surface area (Å²) in [5.74, 6) is -0.923. The van der Waals surface area contributed by atoms with Gasteiger partial charge in [0.2, 0.25) is 5.88 Å². The number of hydrogen-bond acceptors (Lipinski definition) is 8. The van der Waals surface area contributed by atoms with Crippen molar-refractivity contribution in [2.45, 2.75) is 32.5 Å². The number of aromatic nitrogens is 1. The van der Waals surface area contributed by atoms with Gasteiger partial charge in [-0.1, -0.05) is 0 Å². The van der Waals surface area contributed by atoms with Crippen LogP contribution in [0.25, 0.3) is 0 Å². The van der Waals surface area contributed by atoms with Crippen LogP contribution in [-0.2, 0) is 34.7 Å². The summed E-state index contributed by atoms with van der Waals surface area (Å²) in [6, 6.07) is 0.909. The van der Waals surface area contributed by atoms with Crippen molar-refractivity contribution in [2.24, 2.45) is 0 Å². The Morgan fingerprint density at radius 1 is 0.906 bits per heavy atom. The molecule has 12 heteroatoms. The van der Waals surface area contributed by atoms with Gasteiger partial charge < -0.3 is 28.4 Å². The first-order valence-electron chi connectivity index (χ1n) is 9.87. The third-order valence-electron chi connectivity index (χ3n) is 3.35. The largest absolute Gasteiger partial charge is 0.475 e. The van der Waals surface area contributed by atoms with Gasteiger partial charge >= 0.3 is 12.1 Å². The average Bonchev–Trinajstić information content (AvgIpc) is 2.67. The van der Waals surface area contributed by atoms with Crippen molar-refractivity contribution in [3.63, 3.8) is 0 Å². The van der Waals surface area contributed by atoms with Gasteiger partial charge in [-0.2, -0.15) is 13.2 Å². The number of carbonyl (C=O) groups excluding carboxylic acids is 1. The number of esters is 1. The first-order valence-corrected chi connectivity index (χ1v) is 10.7. The molecule has 0 aliphatic rings. The molecule has 0 atom stereocenters. The van der Waals surface area contributed by atoms with Crippen LogP contribution >= 0.6 is 15.9 Å². The zero-order chi connectivity index (χ0) is 24.0. The van der Waals surface area contributed by atoms with Gasteiger partial charge in [0.25, 0.3) is 0 Å². The summed E-state index contributed by atoms with van der Waals surface area (Å²) in [6.07, 6.45) is -3.33. The Kier molecular flexibility index (Phi) is 13.1. The molecule has 1 aromatic rings. The van der Waals surface area contributed by atoms with Crippen molar-refractivity contribution in [3.8, 4) is 5.88 Å². The molecule has 0 N–H and O–H groups in total. The van der Waals surface area contributed by atoms with Crippen LogP contribution in [-0.4, -0.2) is 76.0 Å². The van der Waals surface area contributed by atoms with Gasteiger partial charge in [-0.25, -0.2) is 9.78 Å². The van der Waals surface area contributed by atoms with E-state index in [4.69, 9.17) is 28.4 Å². The third-order valence-corrected chi connectivity index (χ3v) is 3.78. The van der Waals surface area contributed by atoms with Gasteiger partial charge in [0.1, 0.15) is 24.4 Å². The molecule has 0 unspecified atom stereocenters. The molecule has 0 amide bonds. The molecule has 1 aromatic heterocycles. The minimum absolute atomic E-state index is 0.0792. The highest BCUT2D eigenvalue weighted by Gasteiger charge is 2.35. The number of alkyl halides is 3. The number of halogens is 4. The Morgan fingerprint density at radius 3 is 1.91 bits per heavy atom. The van der Waals surface area contributed by atoms with E-state index in [1.165, 1.54) is 6.20 Å². The van der Waals surface area contributed by atoms with E-state index >= 15 is 0 Å². The van der Waals surface area contributed by atoms with Crippen LogP contribution in [0.3, 0.4) is 0 Å². The second-order valence-electron chi connectivity index (χ2n) is 7.33. The molecule has 1 heterocycles. The molecule has 0 aliphatic heterocycles. The van der Waals surface area contributed by atoms with E-state index in [0.29, 0.717) is 26.4 Å². The van der Waals surface area contributed by atoms with E-state index in [0.717, 1.165) is 6.07 Å². The second kappa shape index (κ2) is 14.6. The average molecular weight is 532 g/mol.